The normalized spacial score (nSPS) is 12.0. The monoisotopic (exact) mass is 444 g/mol. The topological polar surface area (TPSA) is 105 Å². The smallest absolute Gasteiger partial charge is 0.340 e. The zero-order valence-electron chi connectivity index (χ0n) is 16.3. The van der Waals surface area contributed by atoms with Crippen molar-refractivity contribution in [1.82, 2.24) is 19.3 Å². The fraction of sp³-hybridized carbons (Fsp3) is 0.150. The minimum atomic E-state index is -3.72. The number of ether oxygens (including phenoxy) is 1. The lowest BCUT2D eigenvalue weighted by molar-refractivity contribution is 0.0601. The molecule has 0 saturated carbocycles. The maximum atomic E-state index is 12.7. The van der Waals surface area contributed by atoms with E-state index in [1.165, 1.54) is 27.3 Å². The van der Waals surface area contributed by atoms with Crippen molar-refractivity contribution in [3.05, 3.63) is 53.1 Å². The molecule has 0 spiro atoms. The van der Waals surface area contributed by atoms with Crippen LogP contribution in [0.2, 0.25) is 5.02 Å². The number of imidazole rings is 1. The van der Waals surface area contributed by atoms with Crippen molar-refractivity contribution in [2.45, 2.75) is 4.90 Å². The van der Waals surface area contributed by atoms with Crippen LogP contribution in [0.5, 0.6) is 0 Å². The molecule has 0 aliphatic rings. The van der Waals surface area contributed by atoms with Gasteiger partial charge in [-0.05, 0) is 36.4 Å². The molecule has 0 amide bonds. The van der Waals surface area contributed by atoms with Gasteiger partial charge in [-0.25, -0.2) is 27.5 Å². The Labute approximate surface area is 177 Å². The van der Waals surface area contributed by atoms with Gasteiger partial charge < -0.3 is 9.72 Å². The quantitative estimate of drug-likeness (QED) is 0.483. The fourth-order valence-corrected chi connectivity index (χ4v) is 4.34. The number of H-pyrrole nitrogens is 1. The first-order valence-corrected chi connectivity index (χ1v) is 10.6. The lowest BCUT2D eigenvalue weighted by Gasteiger charge is -2.11. The van der Waals surface area contributed by atoms with Crippen LogP contribution in [0.1, 0.15) is 10.4 Å². The molecule has 0 atom stereocenters. The zero-order chi connectivity index (χ0) is 21.6. The molecule has 1 N–H and O–H groups in total. The Kier molecular flexibility index (Phi) is 4.97. The molecule has 2 aromatic carbocycles. The Bertz CT molecular complexity index is 1410. The first kappa shape index (κ1) is 20.3. The molecule has 30 heavy (non-hydrogen) atoms. The summed E-state index contributed by atoms with van der Waals surface area (Å²) < 4.78 is 31.4. The van der Waals surface area contributed by atoms with E-state index in [0.717, 1.165) is 4.31 Å². The van der Waals surface area contributed by atoms with Gasteiger partial charge in [-0.3, -0.25) is 0 Å². The third-order valence-electron chi connectivity index (χ3n) is 4.64. The lowest BCUT2D eigenvalue weighted by Crippen LogP contribution is -2.22. The van der Waals surface area contributed by atoms with Gasteiger partial charge in [-0.2, -0.15) is 0 Å². The molecule has 2 heterocycles. The van der Waals surface area contributed by atoms with E-state index in [1.807, 2.05) is 0 Å². The number of aromatic nitrogens is 3. The Morgan fingerprint density at radius 2 is 1.90 bits per heavy atom. The molecule has 0 aliphatic heterocycles. The largest absolute Gasteiger partial charge is 0.465 e. The van der Waals surface area contributed by atoms with E-state index >= 15 is 0 Å². The van der Waals surface area contributed by atoms with Gasteiger partial charge in [0.2, 0.25) is 10.0 Å². The van der Waals surface area contributed by atoms with Gasteiger partial charge in [-0.1, -0.05) is 17.7 Å². The van der Waals surface area contributed by atoms with Crippen LogP contribution in [-0.2, 0) is 14.8 Å². The summed E-state index contributed by atoms with van der Waals surface area (Å²) in [6.07, 6.45) is 0. The van der Waals surface area contributed by atoms with Crippen LogP contribution < -0.4 is 0 Å². The number of fused-ring (bicyclic) bond motifs is 2. The summed E-state index contributed by atoms with van der Waals surface area (Å²) in [5.74, 6) is -0.343. The average molecular weight is 445 g/mol. The van der Waals surface area contributed by atoms with Gasteiger partial charge >= 0.3 is 5.97 Å². The Hall–Kier alpha value is -3.01. The van der Waals surface area contributed by atoms with E-state index in [0.29, 0.717) is 21.4 Å². The molecule has 4 aromatic rings. The number of rotatable bonds is 4. The second kappa shape index (κ2) is 7.35. The number of hydrogen-bond donors (Lipinski definition) is 1. The molecule has 2 aromatic heterocycles. The summed E-state index contributed by atoms with van der Waals surface area (Å²) in [5, 5.41) is 1.17. The van der Waals surface area contributed by atoms with Gasteiger partial charge in [0.1, 0.15) is 16.1 Å². The highest BCUT2D eigenvalue weighted by Gasteiger charge is 2.24. The number of benzene rings is 2. The zero-order valence-corrected chi connectivity index (χ0v) is 17.9. The molecule has 0 saturated heterocycles. The van der Waals surface area contributed by atoms with Crippen LogP contribution in [0.4, 0.5) is 0 Å². The van der Waals surface area contributed by atoms with E-state index < -0.39 is 16.0 Å². The molecular formula is C20H17ClN4O4S. The lowest BCUT2D eigenvalue weighted by atomic mass is 10.1. The molecule has 10 heteroatoms. The van der Waals surface area contributed by atoms with Crippen LogP contribution in [-0.4, -0.2) is 54.8 Å². The number of halogens is 1. The van der Waals surface area contributed by atoms with Gasteiger partial charge in [0, 0.05) is 24.5 Å². The Balaban J connectivity index is 2.00. The molecule has 154 valence electrons. The van der Waals surface area contributed by atoms with E-state index in [-0.39, 0.29) is 27.5 Å². The van der Waals surface area contributed by atoms with Crippen molar-refractivity contribution < 1.29 is 17.9 Å². The maximum Gasteiger partial charge on any atom is 0.340 e. The molecule has 0 fully saturated rings. The van der Waals surface area contributed by atoms with Crippen molar-refractivity contribution in [3.8, 4) is 11.5 Å². The Morgan fingerprint density at radius 3 is 2.60 bits per heavy atom. The molecule has 0 aliphatic carbocycles. The number of carbonyl (C=O) groups is 1. The summed E-state index contributed by atoms with van der Waals surface area (Å²) in [6, 6.07) is 11.6. The molecule has 0 bridgehead atoms. The second-order valence-electron chi connectivity index (χ2n) is 6.74. The molecule has 0 unspecified atom stereocenters. The number of hydrogen-bond acceptors (Lipinski definition) is 6. The highest BCUT2D eigenvalue weighted by molar-refractivity contribution is 7.89. The number of para-hydroxylation sites is 1. The van der Waals surface area contributed by atoms with Crippen LogP contribution in [0.25, 0.3) is 33.5 Å². The second-order valence-corrected chi connectivity index (χ2v) is 9.29. The van der Waals surface area contributed by atoms with Crippen molar-refractivity contribution in [2.24, 2.45) is 0 Å². The number of esters is 1. The number of nitrogens with one attached hydrogen (secondary N) is 1. The fourth-order valence-electron chi connectivity index (χ4n) is 3.12. The SMILES string of the molecule is COC(=O)c1cc2cc(Cl)ccc2nc1-c1nc2c(S(=O)(=O)N(C)C)cccc2[nH]1. The Morgan fingerprint density at radius 1 is 1.13 bits per heavy atom. The summed E-state index contributed by atoms with van der Waals surface area (Å²) >= 11 is 6.06. The summed E-state index contributed by atoms with van der Waals surface area (Å²) in [4.78, 5) is 24.6. The molecule has 0 radical (unpaired) electrons. The molecule has 8 nitrogen and oxygen atoms in total. The van der Waals surface area contributed by atoms with Crippen LogP contribution in [0, 0.1) is 0 Å². The van der Waals surface area contributed by atoms with E-state index in [4.69, 9.17) is 16.3 Å². The van der Waals surface area contributed by atoms with Gasteiger partial charge in [0.15, 0.2) is 5.82 Å². The number of methoxy groups -OCH3 is 1. The maximum absolute atomic E-state index is 12.7. The van der Waals surface area contributed by atoms with Gasteiger partial charge in [-0.15, -0.1) is 0 Å². The third-order valence-corrected chi connectivity index (χ3v) is 6.72. The predicted octanol–water partition coefficient (Wildman–Crippen LogP) is 3.47. The number of carbonyl (C=O) groups excluding carboxylic acids is 1. The summed E-state index contributed by atoms with van der Waals surface area (Å²) in [5.41, 5.74) is 1.80. The minimum absolute atomic E-state index is 0.0553. The summed E-state index contributed by atoms with van der Waals surface area (Å²) in [6.45, 7) is 0. The van der Waals surface area contributed by atoms with Crippen molar-refractivity contribution in [1.29, 1.82) is 0 Å². The van der Waals surface area contributed by atoms with Gasteiger partial charge in [0.05, 0.1) is 23.7 Å². The molecular weight excluding hydrogens is 428 g/mol. The number of pyridine rings is 1. The highest BCUT2D eigenvalue weighted by Crippen LogP contribution is 2.30. The van der Waals surface area contributed by atoms with Crippen LogP contribution in [0.15, 0.2) is 47.4 Å². The van der Waals surface area contributed by atoms with E-state index in [2.05, 4.69) is 15.0 Å². The van der Waals surface area contributed by atoms with Crippen LogP contribution >= 0.6 is 11.6 Å². The van der Waals surface area contributed by atoms with Crippen molar-refractivity contribution in [3.63, 3.8) is 0 Å². The number of nitrogens with zero attached hydrogens (tertiary/aromatic N) is 3. The minimum Gasteiger partial charge on any atom is -0.465 e. The number of sulfonamides is 1. The van der Waals surface area contributed by atoms with Crippen LogP contribution in [0.3, 0.4) is 0 Å². The standard InChI is InChI=1S/C20H17ClN4O4S/c1-25(2)30(27,28)16-6-4-5-15-18(16)24-19(23-15)17-13(20(26)29-3)10-11-9-12(21)7-8-14(11)22-17/h4-10H,1-3H3,(H,23,24). The van der Waals surface area contributed by atoms with E-state index in [9.17, 15) is 13.2 Å². The third kappa shape index (κ3) is 3.30. The summed E-state index contributed by atoms with van der Waals surface area (Å²) in [7, 11) is 0.457. The number of aromatic amines is 1. The van der Waals surface area contributed by atoms with Gasteiger partial charge in [0.25, 0.3) is 0 Å². The first-order valence-electron chi connectivity index (χ1n) is 8.82. The predicted molar refractivity (Wildman–Crippen MR) is 114 cm³/mol. The molecule has 4 rings (SSSR count). The van der Waals surface area contributed by atoms with E-state index in [1.54, 1.807) is 36.4 Å². The highest BCUT2D eigenvalue weighted by atomic mass is 35.5. The average Bonchev–Trinajstić information content (AvgIpc) is 3.16. The van der Waals surface area contributed by atoms with Crippen molar-refractivity contribution in [2.75, 3.05) is 21.2 Å². The first-order chi connectivity index (χ1) is 14.2. The van der Waals surface area contributed by atoms with Crippen molar-refractivity contribution >= 4 is 49.5 Å².